The zero-order valence-corrected chi connectivity index (χ0v) is 16.1. The molecule has 28 heavy (non-hydrogen) atoms. The summed E-state index contributed by atoms with van der Waals surface area (Å²) in [4.78, 5) is 12.6. The number of rotatable bonds is 4. The maximum Gasteiger partial charge on any atom is 0.251 e. The zero-order chi connectivity index (χ0) is 19.7. The normalized spacial score (nSPS) is 10.9. The molecule has 0 amide bonds. The Kier molecular flexibility index (Phi) is 4.62. The van der Waals surface area contributed by atoms with Crippen LogP contribution in [0.15, 0.2) is 77.6 Å². The number of nitrogens with two attached hydrogens (primary N) is 1. The number of fused-ring (bicyclic) bond motifs is 1. The Morgan fingerprint density at radius 1 is 0.893 bits per heavy atom. The summed E-state index contributed by atoms with van der Waals surface area (Å²) in [6.45, 7) is 2.47. The van der Waals surface area contributed by atoms with E-state index >= 15 is 0 Å². The van der Waals surface area contributed by atoms with Gasteiger partial charge in [0.25, 0.3) is 5.56 Å². The number of hydrogen-bond donors (Lipinski definition) is 2. The van der Waals surface area contributed by atoms with Crippen LogP contribution in [0.4, 0.5) is 11.4 Å². The SMILES string of the molecule is CNc1ccc(-c2ccc(Cn3c(=O)cc(C)c4ccc(N)cc43)cc2)cc1. The highest BCUT2D eigenvalue weighted by Crippen LogP contribution is 2.23. The molecule has 0 unspecified atom stereocenters. The summed E-state index contributed by atoms with van der Waals surface area (Å²) in [6.07, 6.45) is 0. The Bertz CT molecular complexity index is 1190. The second-order valence-electron chi connectivity index (χ2n) is 7.05. The number of nitrogen functional groups attached to an aromatic ring is 1. The van der Waals surface area contributed by atoms with E-state index in [1.807, 2.05) is 32.2 Å². The molecule has 4 nitrogen and oxygen atoms in total. The summed E-state index contributed by atoms with van der Waals surface area (Å²) in [5, 5.41) is 4.18. The molecule has 4 aromatic rings. The second-order valence-corrected chi connectivity index (χ2v) is 7.05. The van der Waals surface area contributed by atoms with Crippen molar-refractivity contribution in [2.45, 2.75) is 13.5 Å². The van der Waals surface area contributed by atoms with Gasteiger partial charge in [0.15, 0.2) is 0 Å². The van der Waals surface area contributed by atoms with E-state index in [0.29, 0.717) is 12.2 Å². The van der Waals surface area contributed by atoms with Crippen LogP contribution in [-0.4, -0.2) is 11.6 Å². The summed E-state index contributed by atoms with van der Waals surface area (Å²) in [7, 11) is 1.91. The number of anilines is 2. The highest BCUT2D eigenvalue weighted by Gasteiger charge is 2.08. The van der Waals surface area contributed by atoms with Crippen molar-refractivity contribution in [2.75, 3.05) is 18.1 Å². The first-order chi connectivity index (χ1) is 13.5. The standard InChI is InChI=1S/C24H23N3O/c1-16-13-24(28)27(23-14-20(25)9-12-22(16)23)15-17-3-5-18(6-4-17)19-7-10-21(26-2)11-8-19/h3-14,26H,15,25H2,1-2H3. The molecule has 0 aliphatic heterocycles. The van der Waals surface area contributed by atoms with E-state index in [0.717, 1.165) is 38.8 Å². The molecular formula is C24H23N3O. The first-order valence-electron chi connectivity index (χ1n) is 9.32. The van der Waals surface area contributed by atoms with E-state index in [1.165, 1.54) is 0 Å². The van der Waals surface area contributed by atoms with Crippen molar-refractivity contribution in [3.8, 4) is 11.1 Å². The molecule has 0 fully saturated rings. The van der Waals surface area contributed by atoms with Gasteiger partial charge in [-0.05, 0) is 53.4 Å². The predicted octanol–water partition coefficient (Wildman–Crippen LogP) is 4.65. The fourth-order valence-corrected chi connectivity index (χ4v) is 3.54. The van der Waals surface area contributed by atoms with Crippen LogP contribution in [0.1, 0.15) is 11.1 Å². The second kappa shape index (κ2) is 7.24. The van der Waals surface area contributed by atoms with Crippen LogP contribution in [0.3, 0.4) is 0 Å². The Morgan fingerprint density at radius 2 is 1.54 bits per heavy atom. The maximum absolute atomic E-state index is 12.6. The smallest absolute Gasteiger partial charge is 0.251 e. The molecule has 0 spiro atoms. The van der Waals surface area contributed by atoms with Crippen molar-refractivity contribution in [1.29, 1.82) is 0 Å². The van der Waals surface area contributed by atoms with Gasteiger partial charge in [0.1, 0.15) is 0 Å². The number of nitrogens with one attached hydrogen (secondary N) is 1. The quantitative estimate of drug-likeness (QED) is 0.515. The van der Waals surface area contributed by atoms with Gasteiger partial charge < -0.3 is 15.6 Å². The highest BCUT2D eigenvalue weighted by molar-refractivity contribution is 5.85. The van der Waals surface area contributed by atoms with Gasteiger partial charge in [0.05, 0.1) is 12.1 Å². The highest BCUT2D eigenvalue weighted by atomic mass is 16.1. The fourth-order valence-electron chi connectivity index (χ4n) is 3.54. The third-order valence-corrected chi connectivity index (χ3v) is 5.14. The van der Waals surface area contributed by atoms with Crippen LogP contribution in [0.25, 0.3) is 22.0 Å². The van der Waals surface area contributed by atoms with Gasteiger partial charge >= 0.3 is 0 Å². The van der Waals surface area contributed by atoms with Crippen LogP contribution >= 0.6 is 0 Å². The largest absolute Gasteiger partial charge is 0.399 e. The third-order valence-electron chi connectivity index (χ3n) is 5.14. The van der Waals surface area contributed by atoms with Crippen LogP contribution in [-0.2, 0) is 6.54 Å². The lowest BCUT2D eigenvalue weighted by Gasteiger charge is -2.13. The molecule has 0 radical (unpaired) electrons. The molecule has 3 N–H and O–H groups in total. The molecule has 0 aliphatic rings. The van der Waals surface area contributed by atoms with Crippen molar-refractivity contribution >= 4 is 22.3 Å². The third kappa shape index (κ3) is 3.37. The molecule has 0 bridgehead atoms. The minimum Gasteiger partial charge on any atom is -0.399 e. The zero-order valence-electron chi connectivity index (χ0n) is 16.1. The van der Waals surface area contributed by atoms with Crippen LogP contribution in [0.5, 0.6) is 0 Å². The Balaban J connectivity index is 1.68. The summed E-state index contributed by atoms with van der Waals surface area (Å²) in [5.74, 6) is 0. The molecule has 0 atom stereocenters. The Hall–Kier alpha value is -3.53. The van der Waals surface area contributed by atoms with Crippen molar-refractivity contribution < 1.29 is 0 Å². The minimum absolute atomic E-state index is 0.0117. The van der Waals surface area contributed by atoms with E-state index < -0.39 is 0 Å². The summed E-state index contributed by atoms with van der Waals surface area (Å²) in [5.41, 5.74) is 12.9. The molecule has 0 aliphatic carbocycles. The molecule has 3 aromatic carbocycles. The molecule has 4 heteroatoms. The van der Waals surface area contributed by atoms with Crippen LogP contribution < -0.4 is 16.6 Å². The monoisotopic (exact) mass is 369 g/mol. The number of hydrogen-bond acceptors (Lipinski definition) is 3. The van der Waals surface area contributed by atoms with Crippen molar-refractivity contribution in [3.63, 3.8) is 0 Å². The lowest BCUT2D eigenvalue weighted by atomic mass is 10.0. The number of benzene rings is 3. The van der Waals surface area contributed by atoms with Crippen molar-refractivity contribution in [1.82, 2.24) is 4.57 Å². The van der Waals surface area contributed by atoms with E-state index in [1.54, 1.807) is 10.6 Å². The Labute approximate surface area is 164 Å². The van der Waals surface area contributed by atoms with Gasteiger partial charge in [-0.3, -0.25) is 4.79 Å². The molecule has 1 aromatic heterocycles. The summed E-state index contributed by atoms with van der Waals surface area (Å²) >= 11 is 0. The van der Waals surface area contributed by atoms with Crippen LogP contribution in [0, 0.1) is 6.92 Å². The van der Waals surface area contributed by atoms with Gasteiger partial charge in [0, 0.05) is 29.9 Å². The predicted molar refractivity (Wildman–Crippen MR) is 118 cm³/mol. The molecular weight excluding hydrogens is 346 g/mol. The molecule has 0 saturated carbocycles. The fraction of sp³-hybridized carbons (Fsp3) is 0.125. The van der Waals surface area contributed by atoms with Gasteiger partial charge in [-0.15, -0.1) is 0 Å². The number of aryl methyl sites for hydroxylation is 1. The van der Waals surface area contributed by atoms with E-state index in [9.17, 15) is 4.79 Å². The van der Waals surface area contributed by atoms with Crippen LogP contribution in [0.2, 0.25) is 0 Å². The van der Waals surface area contributed by atoms with Crippen molar-refractivity contribution in [3.05, 3.63) is 94.3 Å². The van der Waals surface area contributed by atoms with E-state index in [4.69, 9.17) is 5.73 Å². The van der Waals surface area contributed by atoms with Gasteiger partial charge in [-0.1, -0.05) is 42.5 Å². The van der Waals surface area contributed by atoms with Gasteiger partial charge in [0.2, 0.25) is 0 Å². The lowest BCUT2D eigenvalue weighted by molar-refractivity contribution is 0.793. The number of pyridine rings is 1. The van der Waals surface area contributed by atoms with Gasteiger partial charge in [-0.2, -0.15) is 0 Å². The number of aromatic nitrogens is 1. The topological polar surface area (TPSA) is 60.0 Å². The van der Waals surface area contributed by atoms with E-state index in [2.05, 4.69) is 53.8 Å². The number of nitrogens with zero attached hydrogens (tertiary/aromatic N) is 1. The minimum atomic E-state index is -0.0117. The average Bonchev–Trinajstić information content (AvgIpc) is 2.71. The summed E-state index contributed by atoms with van der Waals surface area (Å²) < 4.78 is 1.79. The molecule has 0 saturated heterocycles. The molecule has 4 rings (SSSR count). The maximum atomic E-state index is 12.6. The average molecular weight is 369 g/mol. The first kappa shape index (κ1) is 17.9. The molecule has 140 valence electrons. The first-order valence-corrected chi connectivity index (χ1v) is 9.32. The van der Waals surface area contributed by atoms with E-state index in [-0.39, 0.29) is 5.56 Å². The Morgan fingerprint density at radius 3 is 2.18 bits per heavy atom. The van der Waals surface area contributed by atoms with Crippen molar-refractivity contribution in [2.24, 2.45) is 0 Å². The lowest BCUT2D eigenvalue weighted by Crippen LogP contribution is -2.21. The van der Waals surface area contributed by atoms with Gasteiger partial charge in [-0.25, -0.2) is 0 Å². The summed E-state index contributed by atoms with van der Waals surface area (Å²) in [6, 6.07) is 24.1. The molecule has 1 heterocycles.